The molecule has 0 spiro atoms. The zero-order valence-electron chi connectivity index (χ0n) is 16.0. The Bertz CT molecular complexity index is 615. The molecule has 0 unspecified atom stereocenters. The molecule has 136 valence electrons. The van der Waals surface area contributed by atoms with Crippen LogP contribution in [0, 0.1) is 0 Å². The van der Waals surface area contributed by atoms with Gasteiger partial charge in [-0.25, -0.2) is 0 Å². The van der Waals surface area contributed by atoms with Crippen LogP contribution in [0.5, 0.6) is 0 Å². The Morgan fingerprint density at radius 3 is 1.32 bits per heavy atom. The first-order chi connectivity index (χ1) is 11.7. The van der Waals surface area contributed by atoms with Crippen molar-refractivity contribution in [3.8, 4) is 0 Å². The van der Waals surface area contributed by atoms with Crippen LogP contribution in [0.25, 0.3) is 0 Å². The second kappa shape index (κ2) is 8.16. The van der Waals surface area contributed by atoms with Crippen molar-refractivity contribution < 1.29 is 10.2 Å². The fourth-order valence-electron chi connectivity index (χ4n) is 3.48. The summed E-state index contributed by atoms with van der Waals surface area (Å²) in [6.45, 7) is 7.39. The maximum atomic E-state index is 10.3. The summed E-state index contributed by atoms with van der Waals surface area (Å²) in [5, 5.41) is 20.6. The van der Waals surface area contributed by atoms with Crippen molar-refractivity contribution >= 4 is 0 Å². The van der Waals surface area contributed by atoms with Gasteiger partial charge in [0.1, 0.15) is 0 Å². The predicted octanol–water partition coefficient (Wildman–Crippen LogP) is 5.10. The molecule has 0 aromatic heterocycles. The maximum absolute atomic E-state index is 10.3. The summed E-state index contributed by atoms with van der Waals surface area (Å²) >= 11 is 0. The van der Waals surface area contributed by atoms with Gasteiger partial charge in [0.05, 0.1) is 11.2 Å². The van der Waals surface area contributed by atoms with Gasteiger partial charge in [-0.3, -0.25) is 0 Å². The van der Waals surface area contributed by atoms with Gasteiger partial charge in [-0.1, -0.05) is 55.0 Å². The van der Waals surface area contributed by atoms with E-state index in [1.165, 1.54) is 11.1 Å². The summed E-state index contributed by atoms with van der Waals surface area (Å²) in [5.41, 5.74) is 2.97. The van der Waals surface area contributed by atoms with Gasteiger partial charge in [0.25, 0.3) is 0 Å². The first-order valence-electron chi connectivity index (χ1n) is 9.31. The number of rotatable bonds is 8. The average Bonchev–Trinajstić information content (AvgIpc) is 2.53. The van der Waals surface area contributed by atoms with E-state index < -0.39 is 11.2 Å². The molecule has 0 aliphatic carbocycles. The van der Waals surface area contributed by atoms with Gasteiger partial charge >= 0.3 is 0 Å². The van der Waals surface area contributed by atoms with Crippen LogP contribution in [0.15, 0.2) is 48.5 Å². The molecule has 0 amide bonds. The Hall–Kier alpha value is -1.64. The fourth-order valence-corrected chi connectivity index (χ4v) is 3.48. The van der Waals surface area contributed by atoms with Crippen molar-refractivity contribution in [3.63, 3.8) is 0 Å². The number of hydrogen-bond donors (Lipinski definition) is 2. The molecule has 0 saturated heterocycles. The summed E-state index contributed by atoms with van der Waals surface area (Å²) < 4.78 is 0. The second-order valence-electron chi connectivity index (χ2n) is 7.99. The normalized spacial score (nSPS) is 12.4. The molecule has 25 heavy (non-hydrogen) atoms. The average molecular weight is 341 g/mol. The van der Waals surface area contributed by atoms with E-state index in [2.05, 4.69) is 12.1 Å². The number of unbranched alkanes of at least 4 members (excludes halogenated alkanes) is 2. The fraction of sp³-hybridized carbons (Fsp3) is 0.478. The molecule has 0 fully saturated rings. The van der Waals surface area contributed by atoms with Gasteiger partial charge < -0.3 is 10.2 Å². The van der Waals surface area contributed by atoms with E-state index in [-0.39, 0.29) is 0 Å². The zero-order valence-corrected chi connectivity index (χ0v) is 16.0. The molecular formula is C23H32O2. The van der Waals surface area contributed by atoms with Gasteiger partial charge in [-0.2, -0.15) is 0 Å². The molecule has 0 saturated carbocycles. The maximum Gasteiger partial charge on any atom is 0.0843 e. The Morgan fingerprint density at radius 1 is 0.600 bits per heavy atom. The van der Waals surface area contributed by atoms with E-state index in [0.29, 0.717) is 0 Å². The molecule has 2 nitrogen and oxygen atoms in total. The summed E-state index contributed by atoms with van der Waals surface area (Å²) in [5.74, 6) is 0. The highest BCUT2D eigenvalue weighted by Gasteiger charge is 2.20. The molecule has 0 heterocycles. The SMILES string of the molecule is CC(C)(O)c1ccccc1CCCCCc1ccccc1C(C)(C)O. The van der Waals surface area contributed by atoms with E-state index in [9.17, 15) is 10.2 Å². The topological polar surface area (TPSA) is 40.5 Å². The van der Waals surface area contributed by atoms with Crippen LogP contribution in [0.3, 0.4) is 0 Å². The molecule has 0 radical (unpaired) electrons. The lowest BCUT2D eigenvalue weighted by molar-refractivity contribution is 0.0771. The highest BCUT2D eigenvalue weighted by molar-refractivity contribution is 5.32. The molecule has 2 rings (SSSR count). The zero-order chi connectivity index (χ0) is 18.5. The van der Waals surface area contributed by atoms with Crippen molar-refractivity contribution in [3.05, 3.63) is 70.8 Å². The summed E-state index contributed by atoms with van der Waals surface area (Å²) in [6, 6.07) is 16.4. The molecule has 2 aromatic rings. The monoisotopic (exact) mass is 340 g/mol. The molecule has 0 aliphatic heterocycles. The Labute approximate surface area is 152 Å². The van der Waals surface area contributed by atoms with Crippen molar-refractivity contribution in [1.29, 1.82) is 0 Å². The molecule has 2 N–H and O–H groups in total. The standard InChI is InChI=1S/C23H32O2/c1-22(2,24)20-16-10-8-14-18(20)12-6-5-7-13-19-15-9-11-17-21(19)23(3,4)25/h8-11,14-17,24-25H,5-7,12-13H2,1-4H3. The molecule has 2 heteroatoms. The first-order valence-corrected chi connectivity index (χ1v) is 9.31. The Kier molecular flexibility index (Phi) is 6.42. The minimum atomic E-state index is -0.789. The first kappa shape index (κ1) is 19.7. The quantitative estimate of drug-likeness (QED) is 0.657. The van der Waals surface area contributed by atoms with Gasteiger partial charge in [-0.05, 0) is 75.6 Å². The highest BCUT2D eigenvalue weighted by Crippen LogP contribution is 2.26. The van der Waals surface area contributed by atoms with Crippen LogP contribution in [0.4, 0.5) is 0 Å². The van der Waals surface area contributed by atoms with Crippen LogP contribution >= 0.6 is 0 Å². The Balaban J connectivity index is 1.88. The van der Waals surface area contributed by atoms with Crippen LogP contribution in [0.1, 0.15) is 69.2 Å². The van der Waals surface area contributed by atoms with E-state index >= 15 is 0 Å². The third-order valence-corrected chi connectivity index (χ3v) is 4.75. The predicted molar refractivity (Wildman–Crippen MR) is 105 cm³/mol. The molecular weight excluding hydrogens is 308 g/mol. The Morgan fingerprint density at radius 2 is 0.960 bits per heavy atom. The number of aliphatic hydroxyl groups is 2. The highest BCUT2D eigenvalue weighted by atomic mass is 16.3. The largest absolute Gasteiger partial charge is 0.386 e. The van der Waals surface area contributed by atoms with Crippen molar-refractivity contribution in [2.75, 3.05) is 0 Å². The van der Waals surface area contributed by atoms with Crippen LogP contribution in [-0.4, -0.2) is 10.2 Å². The smallest absolute Gasteiger partial charge is 0.0843 e. The lowest BCUT2D eigenvalue weighted by Crippen LogP contribution is -2.18. The van der Waals surface area contributed by atoms with E-state index in [1.54, 1.807) is 0 Å². The summed E-state index contributed by atoms with van der Waals surface area (Å²) in [6.07, 6.45) is 5.34. The minimum absolute atomic E-state index is 0.789. The van der Waals surface area contributed by atoms with E-state index in [4.69, 9.17) is 0 Å². The second-order valence-corrected chi connectivity index (χ2v) is 7.99. The third-order valence-electron chi connectivity index (χ3n) is 4.75. The van der Waals surface area contributed by atoms with Crippen molar-refractivity contribution in [2.24, 2.45) is 0 Å². The minimum Gasteiger partial charge on any atom is -0.386 e. The summed E-state index contributed by atoms with van der Waals surface area (Å²) in [7, 11) is 0. The van der Waals surface area contributed by atoms with Crippen molar-refractivity contribution in [1.82, 2.24) is 0 Å². The van der Waals surface area contributed by atoms with E-state index in [0.717, 1.165) is 43.2 Å². The number of hydrogen-bond acceptors (Lipinski definition) is 2. The molecule has 0 atom stereocenters. The lowest BCUT2D eigenvalue weighted by Gasteiger charge is -2.22. The van der Waals surface area contributed by atoms with Crippen LogP contribution in [-0.2, 0) is 24.0 Å². The molecule has 0 aliphatic rings. The molecule has 2 aromatic carbocycles. The number of aryl methyl sites for hydroxylation is 2. The van der Waals surface area contributed by atoms with Crippen LogP contribution < -0.4 is 0 Å². The van der Waals surface area contributed by atoms with E-state index in [1.807, 2.05) is 64.1 Å². The van der Waals surface area contributed by atoms with Gasteiger partial charge in [0, 0.05) is 0 Å². The van der Waals surface area contributed by atoms with Crippen molar-refractivity contribution in [2.45, 2.75) is 71.0 Å². The molecule has 0 bridgehead atoms. The van der Waals surface area contributed by atoms with Crippen LogP contribution in [0.2, 0.25) is 0 Å². The van der Waals surface area contributed by atoms with Gasteiger partial charge in [-0.15, -0.1) is 0 Å². The van der Waals surface area contributed by atoms with Gasteiger partial charge in [0.2, 0.25) is 0 Å². The summed E-state index contributed by atoms with van der Waals surface area (Å²) in [4.78, 5) is 0. The van der Waals surface area contributed by atoms with Gasteiger partial charge in [0.15, 0.2) is 0 Å². The number of benzene rings is 2. The lowest BCUT2D eigenvalue weighted by atomic mass is 9.89. The third kappa shape index (κ3) is 5.69.